The minimum absolute atomic E-state index is 0.186. The molecule has 3 heterocycles. The fourth-order valence-electron chi connectivity index (χ4n) is 2.92. The number of carbonyl (C=O) groups is 1. The first kappa shape index (κ1) is 20.5. The number of rotatable bonds is 9. The average Bonchev–Trinajstić information content (AvgIpc) is 3.38. The maximum atomic E-state index is 12.5. The quantitative estimate of drug-likeness (QED) is 0.231. The minimum atomic E-state index is -0.186. The lowest BCUT2D eigenvalue weighted by atomic mass is 10.3. The van der Waals surface area contributed by atoms with Crippen molar-refractivity contribution in [2.45, 2.75) is 11.7 Å². The van der Waals surface area contributed by atoms with Crippen LogP contribution in [0, 0.1) is 0 Å². The van der Waals surface area contributed by atoms with Gasteiger partial charge in [0.15, 0.2) is 15.8 Å². The highest BCUT2D eigenvalue weighted by Gasteiger charge is 2.14. The van der Waals surface area contributed by atoms with Crippen LogP contribution in [0.2, 0.25) is 0 Å². The summed E-state index contributed by atoms with van der Waals surface area (Å²) in [5.74, 6) is 0.542. The number of benzene rings is 1. The molecule has 0 fully saturated rings. The summed E-state index contributed by atoms with van der Waals surface area (Å²) >= 11 is 2.85. The van der Waals surface area contributed by atoms with Crippen LogP contribution in [-0.4, -0.2) is 63.7 Å². The van der Waals surface area contributed by atoms with E-state index < -0.39 is 0 Å². The summed E-state index contributed by atoms with van der Waals surface area (Å²) < 4.78 is 7.86. The lowest BCUT2D eigenvalue weighted by molar-refractivity contribution is 0.0952. The van der Waals surface area contributed by atoms with Crippen LogP contribution in [-0.2, 0) is 11.3 Å². The number of methoxy groups -OCH3 is 1. The van der Waals surface area contributed by atoms with Crippen molar-refractivity contribution < 1.29 is 9.53 Å². The Labute approximate surface area is 181 Å². The SMILES string of the molecule is COCCNc1nc(SC)nc2c1cnn2CCNC(=O)c1nc2ccccc2s1. The molecule has 0 saturated carbocycles. The number of fused-ring (bicyclic) bond motifs is 2. The molecule has 0 spiro atoms. The number of thiazole rings is 1. The molecule has 2 N–H and O–H groups in total. The number of aromatic nitrogens is 5. The van der Waals surface area contributed by atoms with E-state index >= 15 is 0 Å². The third kappa shape index (κ3) is 4.37. The Morgan fingerprint density at radius 3 is 2.90 bits per heavy atom. The normalized spacial score (nSPS) is 11.3. The number of hydrogen-bond acceptors (Lipinski definition) is 9. The first-order valence-corrected chi connectivity index (χ1v) is 11.4. The van der Waals surface area contributed by atoms with Gasteiger partial charge < -0.3 is 15.4 Å². The van der Waals surface area contributed by atoms with Gasteiger partial charge in [0.25, 0.3) is 5.91 Å². The Kier molecular flexibility index (Phi) is 6.41. The van der Waals surface area contributed by atoms with E-state index in [1.54, 1.807) is 18.0 Å². The van der Waals surface area contributed by atoms with Crippen molar-refractivity contribution in [3.63, 3.8) is 0 Å². The Morgan fingerprint density at radius 2 is 2.10 bits per heavy atom. The molecule has 0 unspecified atom stereocenters. The van der Waals surface area contributed by atoms with E-state index in [-0.39, 0.29) is 5.91 Å². The highest BCUT2D eigenvalue weighted by molar-refractivity contribution is 7.98. The molecule has 0 aliphatic heterocycles. The molecule has 156 valence electrons. The van der Waals surface area contributed by atoms with Crippen LogP contribution < -0.4 is 10.6 Å². The molecular formula is C19H21N7O2S2. The van der Waals surface area contributed by atoms with E-state index in [9.17, 15) is 4.79 Å². The van der Waals surface area contributed by atoms with Crippen molar-refractivity contribution in [2.24, 2.45) is 0 Å². The molecule has 3 aromatic heterocycles. The zero-order valence-corrected chi connectivity index (χ0v) is 18.2. The Morgan fingerprint density at radius 1 is 1.23 bits per heavy atom. The molecule has 4 aromatic rings. The largest absolute Gasteiger partial charge is 0.383 e. The lowest BCUT2D eigenvalue weighted by Gasteiger charge is -2.09. The van der Waals surface area contributed by atoms with Crippen molar-refractivity contribution in [3.05, 3.63) is 35.5 Å². The van der Waals surface area contributed by atoms with E-state index in [0.29, 0.717) is 36.4 Å². The zero-order chi connectivity index (χ0) is 20.9. The van der Waals surface area contributed by atoms with Gasteiger partial charge in [0, 0.05) is 20.2 Å². The van der Waals surface area contributed by atoms with Crippen LogP contribution in [0.25, 0.3) is 21.3 Å². The maximum absolute atomic E-state index is 12.5. The predicted molar refractivity (Wildman–Crippen MR) is 119 cm³/mol. The number of carbonyl (C=O) groups excluding carboxylic acids is 1. The van der Waals surface area contributed by atoms with Crippen molar-refractivity contribution in [3.8, 4) is 0 Å². The highest BCUT2D eigenvalue weighted by atomic mass is 32.2. The molecule has 0 saturated heterocycles. The summed E-state index contributed by atoms with van der Waals surface area (Å²) in [7, 11) is 1.66. The van der Waals surface area contributed by atoms with E-state index in [1.165, 1.54) is 23.1 Å². The second-order valence-electron chi connectivity index (χ2n) is 6.33. The lowest BCUT2D eigenvalue weighted by Crippen LogP contribution is -2.27. The van der Waals surface area contributed by atoms with Gasteiger partial charge >= 0.3 is 0 Å². The van der Waals surface area contributed by atoms with Gasteiger partial charge in [-0.3, -0.25) is 4.79 Å². The smallest absolute Gasteiger partial charge is 0.280 e. The molecule has 0 radical (unpaired) electrons. The summed E-state index contributed by atoms with van der Waals surface area (Å²) in [6, 6.07) is 7.71. The fourth-order valence-corrected chi connectivity index (χ4v) is 4.16. The van der Waals surface area contributed by atoms with Crippen LogP contribution >= 0.6 is 23.1 Å². The summed E-state index contributed by atoms with van der Waals surface area (Å²) in [4.78, 5) is 26.0. The van der Waals surface area contributed by atoms with Crippen molar-refractivity contribution in [2.75, 3.05) is 38.4 Å². The standard InChI is InChI=1S/C19H21N7O2S2/c1-28-10-8-20-15-12-11-22-26(16(12)25-19(24-15)29-2)9-7-21-17(27)18-23-13-5-3-4-6-14(13)30-18/h3-6,11H,7-10H2,1-2H3,(H,21,27)(H,20,24,25). The summed E-state index contributed by atoms with van der Waals surface area (Å²) in [5.41, 5.74) is 1.56. The van der Waals surface area contributed by atoms with Gasteiger partial charge in [0.2, 0.25) is 0 Å². The van der Waals surface area contributed by atoms with Crippen molar-refractivity contribution >= 4 is 56.1 Å². The van der Waals surface area contributed by atoms with Crippen LogP contribution in [0.4, 0.5) is 5.82 Å². The molecule has 0 atom stereocenters. The molecule has 1 aromatic carbocycles. The topological polar surface area (TPSA) is 107 Å². The molecule has 0 aliphatic rings. The molecule has 0 aliphatic carbocycles. The Hall–Kier alpha value is -2.76. The van der Waals surface area contributed by atoms with Crippen LogP contribution in [0.5, 0.6) is 0 Å². The summed E-state index contributed by atoms with van der Waals surface area (Å²) in [6.45, 7) is 2.12. The van der Waals surface area contributed by atoms with E-state index in [1.807, 2.05) is 30.5 Å². The highest BCUT2D eigenvalue weighted by Crippen LogP contribution is 2.23. The number of ether oxygens (including phenoxy) is 1. The summed E-state index contributed by atoms with van der Waals surface area (Å²) in [5, 5.41) is 12.6. The number of thioether (sulfide) groups is 1. The Balaban J connectivity index is 1.45. The van der Waals surface area contributed by atoms with Gasteiger partial charge in [-0.15, -0.1) is 11.3 Å². The van der Waals surface area contributed by atoms with Gasteiger partial charge in [0.1, 0.15) is 5.82 Å². The molecule has 0 bridgehead atoms. The van der Waals surface area contributed by atoms with E-state index in [0.717, 1.165) is 27.1 Å². The molecular weight excluding hydrogens is 422 g/mol. The van der Waals surface area contributed by atoms with Crippen LogP contribution in [0.15, 0.2) is 35.6 Å². The third-order valence-electron chi connectivity index (χ3n) is 4.35. The van der Waals surface area contributed by atoms with Gasteiger partial charge in [-0.05, 0) is 18.4 Å². The van der Waals surface area contributed by atoms with Gasteiger partial charge in [-0.1, -0.05) is 23.9 Å². The molecule has 11 heteroatoms. The van der Waals surface area contributed by atoms with E-state index in [2.05, 4.69) is 30.7 Å². The molecule has 9 nitrogen and oxygen atoms in total. The van der Waals surface area contributed by atoms with Crippen molar-refractivity contribution in [1.29, 1.82) is 0 Å². The van der Waals surface area contributed by atoms with Gasteiger partial charge in [-0.2, -0.15) is 5.10 Å². The Bertz CT molecular complexity index is 1140. The first-order valence-electron chi connectivity index (χ1n) is 9.33. The predicted octanol–water partition coefficient (Wildman–Crippen LogP) is 2.65. The summed E-state index contributed by atoms with van der Waals surface area (Å²) in [6.07, 6.45) is 3.67. The molecule has 1 amide bonds. The monoisotopic (exact) mass is 443 g/mol. The van der Waals surface area contributed by atoms with Gasteiger partial charge in [0.05, 0.1) is 35.0 Å². The number of amides is 1. The third-order valence-corrected chi connectivity index (χ3v) is 5.94. The molecule has 30 heavy (non-hydrogen) atoms. The van der Waals surface area contributed by atoms with Gasteiger partial charge in [-0.25, -0.2) is 19.6 Å². The van der Waals surface area contributed by atoms with Crippen molar-refractivity contribution in [1.82, 2.24) is 30.0 Å². The second-order valence-corrected chi connectivity index (χ2v) is 8.13. The number of para-hydroxylation sites is 1. The minimum Gasteiger partial charge on any atom is -0.383 e. The number of nitrogens with zero attached hydrogens (tertiary/aromatic N) is 5. The van der Waals surface area contributed by atoms with Crippen LogP contribution in [0.3, 0.4) is 0 Å². The maximum Gasteiger partial charge on any atom is 0.280 e. The fraction of sp³-hybridized carbons (Fsp3) is 0.316. The zero-order valence-electron chi connectivity index (χ0n) is 16.6. The first-order chi connectivity index (χ1) is 14.7. The molecule has 4 rings (SSSR count). The van der Waals surface area contributed by atoms with E-state index in [4.69, 9.17) is 4.74 Å². The number of hydrogen-bond donors (Lipinski definition) is 2. The second kappa shape index (κ2) is 9.37. The number of anilines is 1. The number of nitrogens with one attached hydrogen (secondary N) is 2. The van der Waals surface area contributed by atoms with Crippen LogP contribution in [0.1, 0.15) is 9.80 Å². The average molecular weight is 444 g/mol.